The van der Waals surface area contributed by atoms with Crippen molar-refractivity contribution in [2.75, 3.05) is 13.2 Å². The summed E-state index contributed by atoms with van der Waals surface area (Å²) in [5.41, 5.74) is 4.66. The topological polar surface area (TPSA) is 51.5 Å². The van der Waals surface area contributed by atoms with E-state index in [1.165, 1.54) is 17.0 Å². The van der Waals surface area contributed by atoms with Crippen LogP contribution in [0.2, 0.25) is 0 Å². The first-order valence-electron chi connectivity index (χ1n) is 10.2. The third-order valence-corrected chi connectivity index (χ3v) is 6.23. The van der Waals surface area contributed by atoms with Crippen LogP contribution in [0.25, 0.3) is 11.8 Å². The SMILES string of the molecule is Cc1ccc(OCCN2C(=O)S/C(=C\c3cc(C)n(-c4ccc(F)cc4)c3C)C2=O)cc1. The Kier molecular flexibility index (Phi) is 6.19. The lowest BCUT2D eigenvalue weighted by molar-refractivity contribution is -0.123. The van der Waals surface area contributed by atoms with Crippen LogP contribution in [0.15, 0.2) is 59.5 Å². The predicted molar refractivity (Wildman–Crippen MR) is 125 cm³/mol. The maximum absolute atomic E-state index is 13.3. The zero-order valence-electron chi connectivity index (χ0n) is 18.1. The van der Waals surface area contributed by atoms with Gasteiger partial charge in [-0.25, -0.2) is 4.39 Å². The Hall–Kier alpha value is -3.32. The average molecular weight is 451 g/mol. The van der Waals surface area contributed by atoms with Crippen molar-refractivity contribution in [2.24, 2.45) is 0 Å². The van der Waals surface area contributed by atoms with Crippen molar-refractivity contribution in [3.05, 3.63) is 87.8 Å². The van der Waals surface area contributed by atoms with Crippen LogP contribution in [-0.4, -0.2) is 33.8 Å². The third kappa shape index (κ3) is 4.48. The van der Waals surface area contributed by atoms with E-state index in [4.69, 9.17) is 4.74 Å². The molecule has 3 aromatic rings. The van der Waals surface area contributed by atoms with Crippen LogP contribution in [0.4, 0.5) is 9.18 Å². The van der Waals surface area contributed by atoms with Gasteiger partial charge in [0.25, 0.3) is 11.1 Å². The monoisotopic (exact) mass is 450 g/mol. The number of hydrogen-bond donors (Lipinski definition) is 0. The minimum Gasteiger partial charge on any atom is -0.492 e. The molecule has 0 aliphatic carbocycles. The summed E-state index contributed by atoms with van der Waals surface area (Å²) in [5.74, 6) is 0.0851. The third-order valence-electron chi connectivity index (χ3n) is 5.32. The van der Waals surface area contributed by atoms with E-state index >= 15 is 0 Å². The molecule has 2 aromatic carbocycles. The summed E-state index contributed by atoms with van der Waals surface area (Å²) in [5, 5.41) is -0.305. The fourth-order valence-corrected chi connectivity index (χ4v) is 4.50. The Labute approximate surface area is 190 Å². The number of hydrogen-bond acceptors (Lipinski definition) is 4. The van der Waals surface area contributed by atoms with E-state index in [1.807, 2.05) is 55.7 Å². The molecule has 2 amide bonds. The molecule has 0 spiro atoms. The van der Waals surface area contributed by atoms with Crippen LogP contribution in [-0.2, 0) is 4.79 Å². The Morgan fingerprint density at radius 2 is 1.69 bits per heavy atom. The summed E-state index contributed by atoms with van der Waals surface area (Å²) in [7, 11) is 0. The number of benzene rings is 2. The number of ether oxygens (including phenoxy) is 1. The van der Waals surface area contributed by atoms with Crippen molar-refractivity contribution >= 4 is 29.0 Å². The van der Waals surface area contributed by atoms with Crippen molar-refractivity contribution < 1.29 is 18.7 Å². The van der Waals surface area contributed by atoms with Gasteiger partial charge in [0.05, 0.1) is 11.4 Å². The number of aromatic nitrogens is 1. The van der Waals surface area contributed by atoms with Gasteiger partial charge in [0, 0.05) is 17.1 Å². The molecule has 1 aliphatic rings. The van der Waals surface area contributed by atoms with Crippen LogP contribution in [0, 0.1) is 26.6 Å². The van der Waals surface area contributed by atoms with Crippen LogP contribution < -0.4 is 4.74 Å². The number of amides is 2. The van der Waals surface area contributed by atoms with Crippen molar-refractivity contribution in [1.82, 2.24) is 9.47 Å². The van der Waals surface area contributed by atoms with Gasteiger partial charge < -0.3 is 9.30 Å². The molecule has 7 heteroatoms. The minimum atomic E-state index is -0.320. The summed E-state index contributed by atoms with van der Waals surface area (Å²) in [6.07, 6.45) is 1.74. The van der Waals surface area contributed by atoms with Crippen molar-refractivity contribution in [3.63, 3.8) is 0 Å². The summed E-state index contributed by atoms with van der Waals surface area (Å²) in [4.78, 5) is 26.8. The van der Waals surface area contributed by atoms with E-state index in [1.54, 1.807) is 18.2 Å². The van der Waals surface area contributed by atoms with Gasteiger partial charge in [-0.2, -0.15) is 0 Å². The van der Waals surface area contributed by atoms with E-state index in [2.05, 4.69) is 0 Å². The molecular weight excluding hydrogens is 427 g/mol. The Bertz CT molecular complexity index is 1200. The number of carbonyl (C=O) groups is 2. The number of halogens is 1. The maximum Gasteiger partial charge on any atom is 0.293 e. The molecule has 0 bridgehead atoms. The minimum absolute atomic E-state index is 0.185. The highest BCUT2D eigenvalue weighted by molar-refractivity contribution is 8.18. The van der Waals surface area contributed by atoms with Crippen LogP contribution >= 0.6 is 11.8 Å². The first-order chi connectivity index (χ1) is 15.3. The van der Waals surface area contributed by atoms with Gasteiger partial charge >= 0.3 is 0 Å². The standard InChI is InChI=1S/C25H23FN2O3S/c1-16-4-10-22(11-5-16)31-13-12-27-24(29)23(32-25(27)30)15-19-14-17(2)28(18(19)3)21-8-6-20(26)7-9-21/h4-11,14-15H,12-13H2,1-3H3/b23-15-. The van der Waals surface area contributed by atoms with Crippen molar-refractivity contribution in [2.45, 2.75) is 20.8 Å². The van der Waals surface area contributed by atoms with Crippen molar-refractivity contribution in [1.29, 1.82) is 0 Å². The lowest BCUT2D eigenvalue weighted by atomic mass is 10.2. The zero-order chi connectivity index (χ0) is 22.8. The largest absolute Gasteiger partial charge is 0.492 e. The van der Waals surface area contributed by atoms with Gasteiger partial charge in [-0.05, 0) is 86.6 Å². The van der Waals surface area contributed by atoms with E-state index in [0.29, 0.717) is 10.7 Å². The van der Waals surface area contributed by atoms with E-state index in [0.717, 1.165) is 40.0 Å². The second kappa shape index (κ2) is 9.04. The number of thioether (sulfide) groups is 1. The number of aryl methyl sites for hydroxylation is 2. The zero-order valence-corrected chi connectivity index (χ0v) is 18.9. The lowest BCUT2D eigenvalue weighted by Gasteiger charge is -2.13. The second-order valence-corrected chi connectivity index (χ2v) is 8.63. The molecule has 1 fully saturated rings. The number of imide groups is 1. The molecule has 0 saturated carbocycles. The summed E-state index contributed by atoms with van der Waals surface area (Å²) in [6.45, 7) is 6.29. The molecule has 5 nitrogen and oxygen atoms in total. The van der Waals surface area contributed by atoms with Gasteiger partial charge in [-0.15, -0.1) is 0 Å². The predicted octanol–water partition coefficient (Wildman–Crippen LogP) is 5.66. The molecule has 0 atom stereocenters. The van der Waals surface area contributed by atoms with E-state index in [9.17, 15) is 14.0 Å². The number of rotatable bonds is 6. The molecular formula is C25H23FN2O3S. The highest BCUT2D eigenvalue weighted by Crippen LogP contribution is 2.33. The van der Waals surface area contributed by atoms with Crippen LogP contribution in [0.5, 0.6) is 5.75 Å². The average Bonchev–Trinajstić information content (AvgIpc) is 3.19. The highest BCUT2D eigenvalue weighted by Gasteiger charge is 2.35. The molecule has 2 heterocycles. The summed E-state index contributed by atoms with van der Waals surface area (Å²) in [6, 6.07) is 15.8. The van der Waals surface area contributed by atoms with Gasteiger partial charge in [0.2, 0.25) is 0 Å². The normalized spacial score (nSPS) is 15.1. The molecule has 1 aromatic heterocycles. The number of nitrogens with zero attached hydrogens (tertiary/aromatic N) is 2. The fraction of sp³-hybridized carbons (Fsp3) is 0.200. The van der Waals surface area contributed by atoms with Gasteiger partial charge in [-0.3, -0.25) is 14.5 Å². The second-order valence-electron chi connectivity index (χ2n) is 7.63. The lowest BCUT2D eigenvalue weighted by Crippen LogP contribution is -2.32. The van der Waals surface area contributed by atoms with Gasteiger partial charge in [0.1, 0.15) is 18.2 Å². The Morgan fingerprint density at radius 1 is 1.00 bits per heavy atom. The molecule has 0 N–H and O–H groups in total. The van der Waals surface area contributed by atoms with Crippen LogP contribution in [0.3, 0.4) is 0 Å². The molecule has 1 aliphatic heterocycles. The van der Waals surface area contributed by atoms with E-state index in [-0.39, 0.29) is 30.1 Å². The van der Waals surface area contributed by atoms with E-state index < -0.39 is 0 Å². The molecule has 0 radical (unpaired) electrons. The molecule has 0 unspecified atom stereocenters. The number of carbonyl (C=O) groups excluding carboxylic acids is 2. The van der Waals surface area contributed by atoms with Gasteiger partial charge in [-0.1, -0.05) is 17.7 Å². The Balaban J connectivity index is 1.48. The highest BCUT2D eigenvalue weighted by atomic mass is 32.2. The first kappa shape index (κ1) is 21.9. The summed E-state index contributed by atoms with van der Waals surface area (Å²) >= 11 is 0.931. The molecule has 1 saturated heterocycles. The molecule has 32 heavy (non-hydrogen) atoms. The fourth-order valence-electron chi connectivity index (χ4n) is 3.64. The van der Waals surface area contributed by atoms with Crippen LogP contribution in [0.1, 0.15) is 22.5 Å². The first-order valence-corrected chi connectivity index (χ1v) is 11.0. The van der Waals surface area contributed by atoms with Crippen molar-refractivity contribution in [3.8, 4) is 11.4 Å². The van der Waals surface area contributed by atoms with Gasteiger partial charge in [0.15, 0.2) is 0 Å². The smallest absolute Gasteiger partial charge is 0.293 e. The Morgan fingerprint density at radius 3 is 2.38 bits per heavy atom. The maximum atomic E-state index is 13.3. The quantitative estimate of drug-likeness (QED) is 0.455. The molecule has 4 rings (SSSR count). The summed E-state index contributed by atoms with van der Waals surface area (Å²) < 4.78 is 20.9. The molecule has 164 valence electrons.